The summed E-state index contributed by atoms with van der Waals surface area (Å²) in [7, 11) is 0. The third-order valence-corrected chi connectivity index (χ3v) is 5.56. The van der Waals surface area contributed by atoms with Gasteiger partial charge in [-0.1, -0.05) is 60.1 Å². The van der Waals surface area contributed by atoms with Crippen molar-refractivity contribution in [1.29, 1.82) is 0 Å². The van der Waals surface area contributed by atoms with Gasteiger partial charge in [-0.3, -0.25) is 14.5 Å². The number of benzene rings is 3. The van der Waals surface area contributed by atoms with Crippen LogP contribution in [0.2, 0.25) is 5.02 Å². The molecule has 0 aliphatic carbocycles. The molecule has 1 aliphatic heterocycles. The first-order valence-corrected chi connectivity index (χ1v) is 11.2. The first kappa shape index (κ1) is 22.6. The molecule has 0 radical (unpaired) electrons. The lowest BCUT2D eigenvalue weighted by Crippen LogP contribution is -2.32. The maximum atomic E-state index is 13.5. The summed E-state index contributed by atoms with van der Waals surface area (Å²) < 4.78 is 5.72. The molecule has 1 aliphatic rings. The van der Waals surface area contributed by atoms with Gasteiger partial charge in [0.2, 0.25) is 0 Å². The smallest absolute Gasteiger partial charge is 0.278 e. The number of anilines is 1. The van der Waals surface area contributed by atoms with Gasteiger partial charge in [-0.05, 0) is 61.7 Å². The van der Waals surface area contributed by atoms with E-state index in [2.05, 4.69) is 5.32 Å². The number of carbonyl (C=O) groups excluding carboxylic acids is 2. The van der Waals surface area contributed by atoms with Crippen LogP contribution in [0.1, 0.15) is 30.5 Å². The van der Waals surface area contributed by atoms with Gasteiger partial charge in [-0.15, -0.1) is 0 Å². The van der Waals surface area contributed by atoms with Crippen LogP contribution in [-0.2, 0) is 16.1 Å². The molecule has 33 heavy (non-hydrogen) atoms. The van der Waals surface area contributed by atoms with Crippen LogP contribution < -0.4 is 10.1 Å². The number of aryl methyl sites for hydroxylation is 1. The molecule has 0 bridgehead atoms. The Kier molecular flexibility index (Phi) is 6.52. The van der Waals surface area contributed by atoms with Gasteiger partial charge in [0.05, 0.1) is 18.2 Å². The third kappa shape index (κ3) is 4.94. The number of nitrogens with zero attached hydrogens (tertiary/aromatic N) is 1. The van der Waals surface area contributed by atoms with Crippen molar-refractivity contribution in [2.24, 2.45) is 0 Å². The molecule has 1 heterocycles. The van der Waals surface area contributed by atoms with Crippen molar-refractivity contribution in [2.45, 2.75) is 33.4 Å². The second-order valence-corrected chi connectivity index (χ2v) is 8.64. The minimum absolute atomic E-state index is 0.0363. The molecule has 0 fully saturated rings. The number of hydrogen-bond donors (Lipinski definition) is 1. The zero-order chi connectivity index (χ0) is 23.5. The molecule has 6 heteroatoms. The van der Waals surface area contributed by atoms with E-state index in [1.807, 2.05) is 69.3 Å². The highest BCUT2D eigenvalue weighted by atomic mass is 35.5. The fourth-order valence-electron chi connectivity index (χ4n) is 3.71. The summed E-state index contributed by atoms with van der Waals surface area (Å²) in [6.07, 6.45) is 0.0363. The molecular weight excluding hydrogens is 436 g/mol. The summed E-state index contributed by atoms with van der Waals surface area (Å²) in [4.78, 5) is 28.2. The SMILES string of the molecule is Cc1ccc(Cl)cc1NC1=C(c2ccc(OC(C)C)cc2)C(=O)N(Cc2ccccc2)C1=O. The standard InChI is InChI=1S/C27H25ClN2O3/c1-17(2)33-22-13-10-20(11-14-22)24-25(29-23-15-21(28)12-9-18(23)3)27(32)30(26(24)31)16-19-7-5-4-6-8-19/h4-15,17,29H,16H2,1-3H3. The zero-order valence-electron chi connectivity index (χ0n) is 18.8. The van der Waals surface area contributed by atoms with Crippen LogP contribution in [0.25, 0.3) is 5.57 Å². The number of amides is 2. The predicted octanol–water partition coefficient (Wildman–Crippen LogP) is 5.83. The molecule has 1 N–H and O–H groups in total. The van der Waals surface area contributed by atoms with Crippen molar-refractivity contribution in [1.82, 2.24) is 4.90 Å². The van der Waals surface area contributed by atoms with Gasteiger partial charge >= 0.3 is 0 Å². The Morgan fingerprint density at radius 3 is 2.30 bits per heavy atom. The van der Waals surface area contributed by atoms with E-state index in [-0.39, 0.29) is 30.2 Å². The second-order valence-electron chi connectivity index (χ2n) is 8.21. The molecule has 0 saturated heterocycles. The minimum atomic E-state index is -0.374. The lowest BCUT2D eigenvalue weighted by atomic mass is 10.0. The summed E-state index contributed by atoms with van der Waals surface area (Å²) >= 11 is 6.18. The van der Waals surface area contributed by atoms with Gasteiger partial charge in [0, 0.05) is 10.7 Å². The van der Waals surface area contributed by atoms with E-state index in [9.17, 15) is 9.59 Å². The monoisotopic (exact) mass is 460 g/mol. The predicted molar refractivity (Wildman–Crippen MR) is 131 cm³/mol. The van der Waals surface area contributed by atoms with Crippen LogP contribution in [0.15, 0.2) is 78.5 Å². The van der Waals surface area contributed by atoms with E-state index in [1.54, 1.807) is 24.3 Å². The molecule has 0 atom stereocenters. The number of carbonyl (C=O) groups is 2. The Morgan fingerprint density at radius 2 is 1.64 bits per heavy atom. The van der Waals surface area contributed by atoms with Crippen LogP contribution in [0.4, 0.5) is 5.69 Å². The number of nitrogens with one attached hydrogen (secondary N) is 1. The summed E-state index contributed by atoms with van der Waals surface area (Å²) in [6.45, 7) is 6.01. The quantitative estimate of drug-likeness (QED) is 0.451. The van der Waals surface area contributed by atoms with Crippen LogP contribution in [0.5, 0.6) is 5.75 Å². The Morgan fingerprint density at radius 1 is 0.939 bits per heavy atom. The second kappa shape index (κ2) is 9.51. The highest BCUT2D eigenvalue weighted by Crippen LogP contribution is 2.33. The number of rotatable bonds is 7. The summed E-state index contributed by atoms with van der Waals surface area (Å²) in [5, 5.41) is 3.73. The Labute approximate surface area is 198 Å². The number of ether oxygens (including phenoxy) is 1. The Hall–Kier alpha value is -3.57. The molecule has 5 nitrogen and oxygen atoms in total. The van der Waals surface area contributed by atoms with Gasteiger partial charge in [-0.25, -0.2) is 0 Å². The van der Waals surface area contributed by atoms with E-state index in [4.69, 9.17) is 16.3 Å². The molecule has 0 spiro atoms. The van der Waals surface area contributed by atoms with E-state index >= 15 is 0 Å². The van der Waals surface area contributed by atoms with Gasteiger partial charge in [-0.2, -0.15) is 0 Å². The molecule has 0 aromatic heterocycles. The van der Waals surface area contributed by atoms with Gasteiger partial charge in [0.1, 0.15) is 11.4 Å². The van der Waals surface area contributed by atoms with Crippen molar-refractivity contribution in [3.63, 3.8) is 0 Å². The number of imide groups is 1. The zero-order valence-corrected chi connectivity index (χ0v) is 19.5. The van der Waals surface area contributed by atoms with Crippen molar-refractivity contribution >= 4 is 34.7 Å². The fourth-order valence-corrected chi connectivity index (χ4v) is 3.88. The van der Waals surface area contributed by atoms with Gasteiger partial charge in [0.15, 0.2) is 0 Å². The van der Waals surface area contributed by atoms with E-state index in [0.29, 0.717) is 27.6 Å². The first-order valence-electron chi connectivity index (χ1n) is 10.8. The molecule has 0 unspecified atom stereocenters. The van der Waals surface area contributed by atoms with Crippen LogP contribution >= 0.6 is 11.6 Å². The first-order chi connectivity index (χ1) is 15.8. The van der Waals surface area contributed by atoms with E-state index in [1.165, 1.54) is 4.90 Å². The molecule has 0 saturated carbocycles. The number of hydrogen-bond acceptors (Lipinski definition) is 4. The number of halogens is 1. The van der Waals surface area contributed by atoms with E-state index in [0.717, 1.165) is 11.1 Å². The maximum Gasteiger partial charge on any atom is 0.278 e. The molecular formula is C27H25ClN2O3. The van der Waals surface area contributed by atoms with Crippen LogP contribution in [0, 0.1) is 6.92 Å². The molecule has 3 aromatic carbocycles. The normalized spacial score (nSPS) is 13.8. The average Bonchev–Trinajstić information content (AvgIpc) is 3.01. The summed E-state index contributed by atoms with van der Waals surface area (Å²) in [5.41, 5.74) is 3.66. The van der Waals surface area contributed by atoms with Crippen molar-refractivity contribution in [2.75, 3.05) is 5.32 Å². The van der Waals surface area contributed by atoms with Gasteiger partial charge < -0.3 is 10.1 Å². The third-order valence-electron chi connectivity index (χ3n) is 5.33. The Bertz CT molecular complexity index is 1220. The van der Waals surface area contributed by atoms with E-state index < -0.39 is 0 Å². The molecule has 4 rings (SSSR count). The average molecular weight is 461 g/mol. The van der Waals surface area contributed by atoms with Crippen molar-refractivity contribution in [3.8, 4) is 5.75 Å². The van der Waals surface area contributed by atoms with Crippen molar-refractivity contribution in [3.05, 3.63) is 100 Å². The van der Waals surface area contributed by atoms with Crippen LogP contribution in [0.3, 0.4) is 0 Å². The maximum absolute atomic E-state index is 13.5. The highest BCUT2D eigenvalue weighted by Gasteiger charge is 2.39. The highest BCUT2D eigenvalue weighted by molar-refractivity contribution is 6.36. The van der Waals surface area contributed by atoms with Crippen molar-refractivity contribution < 1.29 is 14.3 Å². The van der Waals surface area contributed by atoms with Gasteiger partial charge in [0.25, 0.3) is 11.8 Å². The summed E-state index contributed by atoms with van der Waals surface area (Å²) in [5.74, 6) is -0.0169. The fraction of sp³-hybridized carbons (Fsp3) is 0.185. The largest absolute Gasteiger partial charge is 0.491 e. The minimum Gasteiger partial charge on any atom is -0.491 e. The topological polar surface area (TPSA) is 58.6 Å². The van der Waals surface area contributed by atoms with Crippen LogP contribution in [-0.4, -0.2) is 22.8 Å². The molecule has 2 amide bonds. The lowest BCUT2D eigenvalue weighted by Gasteiger charge is -2.16. The Balaban J connectivity index is 1.74. The molecule has 168 valence electrons. The molecule has 3 aromatic rings. The lowest BCUT2D eigenvalue weighted by molar-refractivity contribution is -0.137. The summed E-state index contributed by atoms with van der Waals surface area (Å²) in [6, 6.07) is 22.1.